The first kappa shape index (κ1) is 12.6. The summed E-state index contributed by atoms with van der Waals surface area (Å²) in [5.41, 5.74) is 3.99. The Hall–Kier alpha value is -1.82. The number of alkyl halides is 3. The van der Waals surface area contributed by atoms with Crippen molar-refractivity contribution in [3.05, 3.63) is 40.5 Å². The average Bonchev–Trinajstić information content (AvgIpc) is 2.26. The highest BCUT2D eigenvalue weighted by Gasteiger charge is 2.33. The first-order valence-electron chi connectivity index (χ1n) is 4.76. The molecular weight excluding hydrogens is 269 g/mol. The van der Waals surface area contributed by atoms with Gasteiger partial charge in [-0.3, -0.25) is 4.79 Å². The molecule has 2 aromatic rings. The molecule has 0 aliphatic heterocycles. The number of carbonyl (C=O) groups excluding carboxylic acids is 1. The van der Waals surface area contributed by atoms with Crippen LogP contribution in [-0.2, 0) is 6.18 Å². The normalized spacial score (nSPS) is 11.8. The molecule has 1 heterocycles. The van der Waals surface area contributed by atoms with Gasteiger partial charge in [0, 0.05) is 10.9 Å². The van der Waals surface area contributed by atoms with Crippen molar-refractivity contribution in [1.29, 1.82) is 0 Å². The highest BCUT2D eigenvalue weighted by atomic mass is 35.5. The zero-order valence-electron chi connectivity index (χ0n) is 8.75. The zero-order chi connectivity index (χ0) is 13.5. The molecule has 1 aromatic heterocycles. The maximum atomic E-state index is 12.5. The third kappa shape index (κ3) is 2.24. The minimum Gasteiger partial charge on any atom is -0.366 e. The van der Waals surface area contributed by atoms with Crippen molar-refractivity contribution in [1.82, 2.24) is 4.98 Å². The van der Waals surface area contributed by atoms with E-state index in [2.05, 4.69) is 4.98 Å². The molecule has 0 aliphatic carbocycles. The number of rotatable bonds is 1. The molecule has 18 heavy (non-hydrogen) atoms. The molecule has 0 saturated heterocycles. The SMILES string of the molecule is NC(=O)c1ccc2c(Cl)cc(C(F)(F)F)nc2c1. The molecule has 0 atom stereocenters. The summed E-state index contributed by atoms with van der Waals surface area (Å²) in [6.45, 7) is 0. The van der Waals surface area contributed by atoms with Crippen molar-refractivity contribution >= 4 is 28.4 Å². The highest BCUT2D eigenvalue weighted by Crippen LogP contribution is 2.32. The van der Waals surface area contributed by atoms with Gasteiger partial charge in [-0.2, -0.15) is 13.2 Å². The molecule has 2 rings (SSSR count). The number of benzene rings is 1. The molecule has 2 N–H and O–H groups in total. The lowest BCUT2D eigenvalue weighted by Gasteiger charge is -2.08. The van der Waals surface area contributed by atoms with Crippen LogP contribution in [0.15, 0.2) is 24.3 Å². The molecule has 3 nitrogen and oxygen atoms in total. The summed E-state index contributed by atoms with van der Waals surface area (Å²) in [6, 6.07) is 4.71. The Labute approximate surface area is 104 Å². The predicted molar refractivity (Wildman–Crippen MR) is 60.3 cm³/mol. The average molecular weight is 275 g/mol. The molecule has 0 fully saturated rings. The first-order valence-corrected chi connectivity index (χ1v) is 5.14. The van der Waals surface area contributed by atoms with Gasteiger partial charge in [0.1, 0.15) is 5.69 Å². The Morgan fingerprint density at radius 2 is 1.94 bits per heavy atom. The van der Waals surface area contributed by atoms with E-state index in [4.69, 9.17) is 17.3 Å². The summed E-state index contributed by atoms with van der Waals surface area (Å²) in [7, 11) is 0. The van der Waals surface area contributed by atoms with E-state index in [1.165, 1.54) is 18.2 Å². The van der Waals surface area contributed by atoms with Gasteiger partial charge in [0.15, 0.2) is 0 Å². The lowest BCUT2D eigenvalue weighted by molar-refractivity contribution is -0.140. The van der Waals surface area contributed by atoms with Crippen LogP contribution in [0.2, 0.25) is 5.02 Å². The van der Waals surface area contributed by atoms with Gasteiger partial charge >= 0.3 is 6.18 Å². The van der Waals surface area contributed by atoms with E-state index in [-0.39, 0.29) is 16.1 Å². The molecule has 7 heteroatoms. The van der Waals surface area contributed by atoms with Crippen LogP contribution in [0.4, 0.5) is 13.2 Å². The second kappa shape index (κ2) is 4.13. The number of primary amides is 1. The van der Waals surface area contributed by atoms with Gasteiger partial charge in [0.05, 0.1) is 10.5 Å². The molecule has 1 amide bonds. The maximum absolute atomic E-state index is 12.5. The van der Waals surface area contributed by atoms with Crippen molar-refractivity contribution in [2.24, 2.45) is 5.73 Å². The summed E-state index contributed by atoms with van der Waals surface area (Å²) in [5.74, 6) is -0.743. The number of hydrogen-bond donors (Lipinski definition) is 1. The fourth-order valence-electron chi connectivity index (χ4n) is 1.48. The fraction of sp³-hybridized carbons (Fsp3) is 0.0909. The van der Waals surface area contributed by atoms with E-state index >= 15 is 0 Å². The van der Waals surface area contributed by atoms with E-state index in [1.54, 1.807) is 0 Å². The monoisotopic (exact) mass is 274 g/mol. The topological polar surface area (TPSA) is 56.0 Å². The van der Waals surface area contributed by atoms with Crippen LogP contribution in [0.25, 0.3) is 10.9 Å². The van der Waals surface area contributed by atoms with Crippen molar-refractivity contribution in [3.8, 4) is 0 Å². The Morgan fingerprint density at radius 3 is 2.50 bits per heavy atom. The van der Waals surface area contributed by atoms with Gasteiger partial charge in [-0.1, -0.05) is 17.7 Å². The third-order valence-electron chi connectivity index (χ3n) is 2.33. The molecule has 0 spiro atoms. The van der Waals surface area contributed by atoms with Crippen molar-refractivity contribution < 1.29 is 18.0 Å². The summed E-state index contributed by atoms with van der Waals surface area (Å²) in [5, 5.41) is 0.248. The molecule has 0 radical (unpaired) electrons. The van der Waals surface area contributed by atoms with Gasteiger partial charge in [-0.25, -0.2) is 4.98 Å². The summed E-state index contributed by atoms with van der Waals surface area (Å²) in [6.07, 6.45) is -4.60. The summed E-state index contributed by atoms with van der Waals surface area (Å²) in [4.78, 5) is 14.4. The van der Waals surface area contributed by atoms with Gasteiger partial charge in [-0.05, 0) is 18.2 Å². The van der Waals surface area contributed by atoms with Crippen LogP contribution in [0.1, 0.15) is 16.1 Å². The Kier molecular flexibility index (Phi) is 2.90. The van der Waals surface area contributed by atoms with Crippen LogP contribution < -0.4 is 5.73 Å². The van der Waals surface area contributed by atoms with Crippen LogP contribution in [-0.4, -0.2) is 10.9 Å². The molecule has 0 saturated carbocycles. The molecule has 94 valence electrons. The van der Waals surface area contributed by atoms with Crippen molar-refractivity contribution in [3.63, 3.8) is 0 Å². The van der Waals surface area contributed by atoms with E-state index in [9.17, 15) is 18.0 Å². The zero-order valence-corrected chi connectivity index (χ0v) is 9.51. The lowest BCUT2D eigenvalue weighted by atomic mass is 10.1. The van der Waals surface area contributed by atoms with E-state index < -0.39 is 17.8 Å². The van der Waals surface area contributed by atoms with Gasteiger partial charge in [0.25, 0.3) is 0 Å². The Balaban J connectivity index is 2.72. The number of pyridine rings is 1. The van der Waals surface area contributed by atoms with E-state index in [0.717, 1.165) is 6.07 Å². The van der Waals surface area contributed by atoms with Gasteiger partial charge in [-0.15, -0.1) is 0 Å². The number of nitrogens with zero attached hydrogens (tertiary/aromatic N) is 1. The third-order valence-corrected chi connectivity index (χ3v) is 2.65. The van der Waals surface area contributed by atoms with Crippen LogP contribution in [0.5, 0.6) is 0 Å². The molecular formula is C11H6ClF3N2O. The molecule has 1 aromatic carbocycles. The highest BCUT2D eigenvalue weighted by molar-refractivity contribution is 6.35. The minimum absolute atomic E-state index is 0.0221. The second-order valence-electron chi connectivity index (χ2n) is 3.58. The summed E-state index contributed by atoms with van der Waals surface area (Å²) < 4.78 is 37.6. The van der Waals surface area contributed by atoms with E-state index in [0.29, 0.717) is 5.39 Å². The number of hydrogen-bond acceptors (Lipinski definition) is 2. The molecule has 0 unspecified atom stereocenters. The van der Waals surface area contributed by atoms with Gasteiger partial charge in [0.2, 0.25) is 5.91 Å². The second-order valence-corrected chi connectivity index (χ2v) is 3.99. The van der Waals surface area contributed by atoms with Crippen LogP contribution in [0, 0.1) is 0 Å². The predicted octanol–water partition coefficient (Wildman–Crippen LogP) is 3.01. The number of halogens is 4. The van der Waals surface area contributed by atoms with Crippen LogP contribution >= 0.6 is 11.6 Å². The van der Waals surface area contributed by atoms with Gasteiger partial charge < -0.3 is 5.73 Å². The smallest absolute Gasteiger partial charge is 0.366 e. The number of nitrogens with two attached hydrogens (primary N) is 1. The number of amides is 1. The minimum atomic E-state index is -4.60. The largest absolute Gasteiger partial charge is 0.433 e. The number of carbonyl (C=O) groups is 1. The first-order chi connectivity index (χ1) is 8.29. The number of aromatic nitrogens is 1. The Bertz CT molecular complexity index is 640. The van der Waals surface area contributed by atoms with Crippen LogP contribution in [0.3, 0.4) is 0 Å². The summed E-state index contributed by atoms with van der Waals surface area (Å²) >= 11 is 5.74. The quantitative estimate of drug-likeness (QED) is 0.869. The number of fused-ring (bicyclic) bond motifs is 1. The standard InChI is InChI=1S/C11H6ClF3N2O/c12-7-4-9(11(13,14)15)17-8-3-5(10(16)18)1-2-6(7)8/h1-4H,(H2,16,18). The van der Waals surface area contributed by atoms with Crippen molar-refractivity contribution in [2.45, 2.75) is 6.18 Å². The molecule has 0 aliphatic rings. The van der Waals surface area contributed by atoms with E-state index in [1.807, 2.05) is 0 Å². The lowest BCUT2D eigenvalue weighted by Crippen LogP contribution is -2.11. The van der Waals surface area contributed by atoms with Crippen molar-refractivity contribution in [2.75, 3.05) is 0 Å². The molecule has 0 bridgehead atoms. The Morgan fingerprint density at radius 1 is 1.28 bits per heavy atom. The maximum Gasteiger partial charge on any atom is 0.433 e. The fourth-order valence-corrected chi connectivity index (χ4v) is 1.75.